The van der Waals surface area contributed by atoms with Gasteiger partial charge in [-0.05, 0) is 111 Å². The Kier molecular flexibility index (Phi) is 14.2. The van der Waals surface area contributed by atoms with Gasteiger partial charge in [0.25, 0.3) is 0 Å². The molecule has 2 unspecified atom stereocenters. The van der Waals surface area contributed by atoms with E-state index in [1.165, 1.54) is 18.9 Å². The van der Waals surface area contributed by atoms with Gasteiger partial charge in [0, 0.05) is 37.6 Å². The number of nitrogens with zero attached hydrogens (tertiary/aromatic N) is 2. The van der Waals surface area contributed by atoms with Crippen LogP contribution in [0.2, 0.25) is 0 Å². The first-order valence-corrected chi connectivity index (χ1v) is 19.9. The maximum absolute atomic E-state index is 14.8. The molecule has 3 aromatic rings. The lowest BCUT2D eigenvalue weighted by Gasteiger charge is -2.34. The molecule has 53 heavy (non-hydrogen) atoms. The number of hydrogen-bond acceptors (Lipinski definition) is 6. The van der Waals surface area contributed by atoms with E-state index in [1.807, 2.05) is 24.3 Å². The molecule has 3 atom stereocenters. The van der Waals surface area contributed by atoms with Gasteiger partial charge in [-0.3, -0.25) is 9.59 Å². The Morgan fingerprint density at radius 3 is 1.55 bits per heavy atom. The Hall–Kier alpha value is -4.53. The van der Waals surface area contributed by atoms with Crippen LogP contribution in [-0.4, -0.2) is 55.7 Å². The smallest absolute Gasteiger partial charge is 0.339 e. The number of ether oxygens (including phenoxy) is 1. The molecule has 2 saturated heterocycles. The van der Waals surface area contributed by atoms with E-state index in [2.05, 4.69) is 72.4 Å². The van der Waals surface area contributed by atoms with Crippen molar-refractivity contribution in [1.82, 2.24) is 10.6 Å². The van der Waals surface area contributed by atoms with Crippen LogP contribution in [0.15, 0.2) is 66.7 Å². The fourth-order valence-corrected chi connectivity index (χ4v) is 7.98. The van der Waals surface area contributed by atoms with Crippen molar-refractivity contribution in [1.29, 1.82) is 0 Å². The third-order valence-electron chi connectivity index (χ3n) is 10.5. The van der Waals surface area contributed by atoms with Gasteiger partial charge in [0.15, 0.2) is 0 Å². The minimum atomic E-state index is -1.26. The van der Waals surface area contributed by atoms with Crippen LogP contribution < -0.4 is 25.2 Å². The van der Waals surface area contributed by atoms with E-state index >= 15 is 0 Å². The minimum Gasteiger partial charge on any atom is -0.493 e. The second-order valence-electron chi connectivity index (χ2n) is 15.5. The van der Waals surface area contributed by atoms with Crippen molar-refractivity contribution in [2.75, 3.05) is 42.6 Å². The van der Waals surface area contributed by atoms with Gasteiger partial charge in [-0.15, -0.1) is 0 Å². The van der Waals surface area contributed by atoms with Gasteiger partial charge in [0.1, 0.15) is 17.2 Å². The van der Waals surface area contributed by atoms with E-state index in [0.717, 1.165) is 74.4 Å². The van der Waals surface area contributed by atoms with Gasteiger partial charge >= 0.3 is 5.97 Å². The van der Waals surface area contributed by atoms with Gasteiger partial charge < -0.3 is 30.3 Å². The number of anilines is 2. The average Bonchev–Trinajstić information content (AvgIpc) is 3.15. The lowest BCUT2D eigenvalue weighted by Crippen LogP contribution is -2.43. The lowest BCUT2D eigenvalue weighted by atomic mass is 9.90. The molecule has 0 spiro atoms. The minimum absolute atomic E-state index is 0.0172. The summed E-state index contributed by atoms with van der Waals surface area (Å²) in [7, 11) is 0. The standard InChI is InChI=1S/C44H60N4O5/c1-6-53-40-29-32(21-22-35(40)44(51)52)41(42(49)45-36(27-30(2)3)33-17-9-11-19-38(33)47-23-13-7-14-24-47)43(50)46-37(28-31(4)5)34-18-10-12-20-39(34)48-25-15-8-16-26-48/h9-12,17-22,29-31,36-37,41H,6-8,13-16,23-28H2,1-5H3,(H,45,49)(H,46,50)(H,51,52)/t36-,37?,41?/m0/s1. The summed E-state index contributed by atoms with van der Waals surface area (Å²) >= 11 is 0. The number of aromatic carboxylic acids is 1. The number of rotatable bonds is 16. The first kappa shape index (κ1) is 39.7. The van der Waals surface area contributed by atoms with Crippen molar-refractivity contribution in [2.45, 2.75) is 104 Å². The number of amides is 2. The Morgan fingerprint density at radius 1 is 0.679 bits per heavy atom. The summed E-state index contributed by atoms with van der Waals surface area (Å²) in [6, 6.07) is 20.5. The third kappa shape index (κ3) is 10.3. The molecular formula is C44H60N4O5. The maximum atomic E-state index is 14.8. The van der Waals surface area contributed by atoms with Crippen LogP contribution in [0.1, 0.15) is 131 Å². The van der Waals surface area contributed by atoms with Gasteiger partial charge in [-0.1, -0.05) is 70.2 Å². The summed E-state index contributed by atoms with van der Waals surface area (Å²) in [6.45, 7) is 14.5. The number of nitrogens with one attached hydrogen (secondary N) is 2. The molecule has 0 aliphatic carbocycles. The number of carboxylic acid groups (broad SMARTS) is 1. The van der Waals surface area contributed by atoms with Crippen LogP contribution in [0.4, 0.5) is 11.4 Å². The number of para-hydroxylation sites is 2. The monoisotopic (exact) mass is 724 g/mol. The number of carboxylic acids is 1. The molecule has 2 fully saturated rings. The molecule has 0 radical (unpaired) electrons. The largest absolute Gasteiger partial charge is 0.493 e. The first-order valence-electron chi connectivity index (χ1n) is 19.9. The second kappa shape index (κ2) is 19.0. The molecule has 2 aliphatic rings. The summed E-state index contributed by atoms with van der Waals surface area (Å²) in [4.78, 5) is 46.6. The van der Waals surface area contributed by atoms with Crippen LogP contribution in [0.25, 0.3) is 0 Å². The van der Waals surface area contributed by atoms with Gasteiger partial charge in [0.2, 0.25) is 11.8 Å². The summed E-state index contributed by atoms with van der Waals surface area (Å²) in [5.74, 6) is -2.59. The zero-order valence-corrected chi connectivity index (χ0v) is 32.4. The van der Waals surface area contributed by atoms with Crippen molar-refractivity contribution in [3.05, 3.63) is 89.0 Å². The van der Waals surface area contributed by atoms with Gasteiger partial charge in [-0.25, -0.2) is 4.79 Å². The molecule has 2 heterocycles. The van der Waals surface area contributed by atoms with Crippen molar-refractivity contribution >= 4 is 29.2 Å². The van der Waals surface area contributed by atoms with Gasteiger partial charge in [0.05, 0.1) is 18.7 Å². The fraction of sp³-hybridized carbons (Fsp3) is 0.523. The Balaban J connectivity index is 1.55. The molecule has 5 rings (SSSR count). The third-order valence-corrected chi connectivity index (χ3v) is 10.5. The molecule has 0 saturated carbocycles. The summed E-state index contributed by atoms with van der Waals surface area (Å²) < 4.78 is 5.77. The summed E-state index contributed by atoms with van der Waals surface area (Å²) in [6.07, 6.45) is 8.32. The highest BCUT2D eigenvalue weighted by molar-refractivity contribution is 6.06. The van der Waals surface area contributed by atoms with E-state index in [0.29, 0.717) is 18.4 Å². The SMILES string of the molecule is CCOc1cc(C(C(=O)NC(CC(C)C)c2ccccc2N2CCCCC2)C(=O)N[C@@H](CC(C)C)c2ccccc2N2CCCCC2)ccc1C(=O)O. The van der Waals surface area contributed by atoms with E-state index in [-0.39, 0.29) is 41.8 Å². The number of piperidine rings is 2. The Morgan fingerprint density at radius 2 is 1.13 bits per heavy atom. The van der Waals surface area contributed by atoms with Crippen LogP contribution in [0, 0.1) is 11.8 Å². The van der Waals surface area contributed by atoms with E-state index < -0.39 is 23.7 Å². The highest BCUT2D eigenvalue weighted by Gasteiger charge is 2.35. The van der Waals surface area contributed by atoms with Crippen LogP contribution in [0.5, 0.6) is 5.75 Å². The van der Waals surface area contributed by atoms with Crippen molar-refractivity contribution in [3.8, 4) is 5.75 Å². The highest BCUT2D eigenvalue weighted by atomic mass is 16.5. The van der Waals surface area contributed by atoms with Crippen molar-refractivity contribution in [2.24, 2.45) is 11.8 Å². The molecule has 3 aromatic carbocycles. The molecule has 0 bridgehead atoms. The number of hydrogen-bond donors (Lipinski definition) is 3. The molecular weight excluding hydrogens is 665 g/mol. The van der Waals surface area contributed by atoms with E-state index in [1.54, 1.807) is 19.1 Å². The number of carbonyl (C=O) groups is 3. The molecule has 9 nitrogen and oxygen atoms in total. The fourth-order valence-electron chi connectivity index (χ4n) is 7.98. The van der Waals surface area contributed by atoms with Crippen LogP contribution >= 0.6 is 0 Å². The zero-order valence-electron chi connectivity index (χ0n) is 32.4. The first-order chi connectivity index (χ1) is 25.6. The van der Waals surface area contributed by atoms with E-state index in [4.69, 9.17) is 4.74 Å². The normalized spacial score (nSPS) is 16.6. The maximum Gasteiger partial charge on any atom is 0.339 e. The Bertz CT molecular complexity index is 1590. The second-order valence-corrected chi connectivity index (χ2v) is 15.5. The van der Waals surface area contributed by atoms with Crippen LogP contribution in [-0.2, 0) is 9.59 Å². The number of benzene rings is 3. The predicted octanol–water partition coefficient (Wildman–Crippen LogP) is 8.65. The molecule has 2 aliphatic heterocycles. The predicted molar refractivity (Wildman–Crippen MR) is 213 cm³/mol. The van der Waals surface area contributed by atoms with Gasteiger partial charge in [-0.2, -0.15) is 0 Å². The topological polar surface area (TPSA) is 111 Å². The number of carbonyl (C=O) groups excluding carboxylic acids is 2. The highest BCUT2D eigenvalue weighted by Crippen LogP contribution is 2.36. The van der Waals surface area contributed by atoms with Crippen LogP contribution in [0.3, 0.4) is 0 Å². The quantitative estimate of drug-likeness (QED) is 0.127. The molecule has 2 amide bonds. The summed E-state index contributed by atoms with van der Waals surface area (Å²) in [5.41, 5.74) is 4.69. The molecule has 286 valence electrons. The molecule has 9 heteroatoms. The lowest BCUT2D eigenvalue weighted by molar-refractivity contribution is -0.132. The van der Waals surface area contributed by atoms with Crippen molar-refractivity contribution < 1.29 is 24.2 Å². The molecule has 0 aromatic heterocycles. The van der Waals surface area contributed by atoms with E-state index in [9.17, 15) is 19.5 Å². The van der Waals surface area contributed by atoms with Crippen molar-refractivity contribution in [3.63, 3.8) is 0 Å². The average molecular weight is 725 g/mol. The summed E-state index contributed by atoms with van der Waals surface area (Å²) in [5, 5.41) is 16.6. The Labute approximate surface area is 316 Å². The molecule has 3 N–H and O–H groups in total. The zero-order chi connectivity index (χ0) is 37.9.